The van der Waals surface area contributed by atoms with Gasteiger partial charge in [-0.2, -0.15) is 0 Å². The maximum Gasteiger partial charge on any atom is 0.342 e. The van der Waals surface area contributed by atoms with E-state index in [1.165, 1.54) is 6.33 Å². The highest BCUT2D eigenvalue weighted by Gasteiger charge is 2.23. The maximum atomic E-state index is 12.1. The van der Waals surface area contributed by atoms with E-state index < -0.39 is 11.9 Å². The van der Waals surface area contributed by atoms with Crippen molar-refractivity contribution < 1.29 is 23.5 Å². The minimum atomic E-state index is -0.521. The molecule has 2 heterocycles. The Morgan fingerprint density at radius 3 is 2.64 bits per heavy atom. The predicted molar refractivity (Wildman–Crippen MR) is 77.6 cm³/mol. The monoisotopic (exact) mass is 307 g/mol. The molecular formula is C14H17N3O5. The summed E-state index contributed by atoms with van der Waals surface area (Å²) in [6.07, 6.45) is 1.29. The molecule has 0 fully saturated rings. The molecular weight excluding hydrogens is 290 g/mol. The van der Waals surface area contributed by atoms with Crippen LogP contribution in [0, 0.1) is 6.92 Å². The van der Waals surface area contributed by atoms with Crippen LogP contribution in [0.15, 0.2) is 10.7 Å². The number of anilines is 1. The van der Waals surface area contributed by atoms with E-state index in [0.29, 0.717) is 23.6 Å². The molecule has 0 aromatic carbocycles. The van der Waals surface area contributed by atoms with Crippen molar-refractivity contribution in [3.05, 3.63) is 17.7 Å². The predicted octanol–water partition coefficient (Wildman–Crippen LogP) is 1.68. The number of carbonyl (C=O) groups is 2. The zero-order valence-electron chi connectivity index (χ0n) is 12.6. The Morgan fingerprint density at radius 1 is 1.23 bits per heavy atom. The Hall–Kier alpha value is -2.64. The Labute approximate surface area is 126 Å². The molecule has 0 spiro atoms. The number of fused-ring (bicyclic) bond motifs is 1. The third-order valence-electron chi connectivity index (χ3n) is 2.85. The lowest BCUT2D eigenvalue weighted by Crippen LogP contribution is -2.18. The zero-order valence-corrected chi connectivity index (χ0v) is 12.6. The Morgan fingerprint density at radius 2 is 1.95 bits per heavy atom. The number of hydrogen-bond acceptors (Lipinski definition) is 8. The number of nitrogens with zero attached hydrogens (tertiary/aromatic N) is 2. The number of aryl methyl sites for hydroxylation is 1. The number of ether oxygens (including phenoxy) is 2. The fourth-order valence-electron chi connectivity index (χ4n) is 2.00. The van der Waals surface area contributed by atoms with E-state index in [9.17, 15) is 9.59 Å². The van der Waals surface area contributed by atoms with Gasteiger partial charge in [-0.1, -0.05) is 0 Å². The lowest BCUT2D eigenvalue weighted by atomic mass is 10.2. The molecule has 118 valence electrons. The number of rotatable bonds is 6. The molecule has 0 amide bonds. The minimum Gasteiger partial charge on any atom is -0.465 e. The average molecular weight is 307 g/mol. The fourth-order valence-corrected chi connectivity index (χ4v) is 2.00. The minimum absolute atomic E-state index is 0.0769. The lowest BCUT2D eigenvalue weighted by Gasteiger charge is -2.07. The quantitative estimate of drug-likeness (QED) is 0.804. The Bertz CT molecular complexity index is 695. The fraction of sp³-hybridized carbons (Fsp3) is 0.429. The van der Waals surface area contributed by atoms with Crippen molar-refractivity contribution in [2.24, 2.45) is 0 Å². The molecule has 0 aliphatic rings. The first-order valence-electron chi connectivity index (χ1n) is 6.89. The summed E-state index contributed by atoms with van der Waals surface area (Å²) in [5.41, 5.74) is 0.505. The Balaban J connectivity index is 2.38. The molecule has 0 radical (unpaired) electrons. The van der Waals surface area contributed by atoms with Gasteiger partial charge >= 0.3 is 11.9 Å². The topological polar surface area (TPSA) is 104 Å². The third-order valence-corrected chi connectivity index (χ3v) is 2.85. The van der Waals surface area contributed by atoms with Gasteiger partial charge in [0.2, 0.25) is 5.71 Å². The molecule has 0 aliphatic heterocycles. The summed E-state index contributed by atoms with van der Waals surface area (Å²) in [6.45, 7) is 5.53. The maximum absolute atomic E-state index is 12.1. The summed E-state index contributed by atoms with van der Waals surface area (Å²) in [6, 6.07) is 0. The second kappa shape index (κ2) is 6.88. The van der Waals surface area contributed by atoms with Gasteiger partial charge in [0.25, 0.3) is 0 Å². The van der Waals surface area contributed by atoms with Crippen molar-refractivity contribution in [2.45, 2.75) is 20.8 Å². The van der Waals surface area contributed by atoms with Crippen molar-refractivity contribution in [1.82, 2.24) is 9.97 Å². The molecule has 0 atom stereocenters. The van der Waals surface area contributed by atoms with E-state index in [1.54, 1.807) is 20.8 Å². The molecule has 2 rings (SSSR count). The number of carbonyl (C=O) groups excluding carboxylic acids is 2. The van der Waals surface area contributed by atoms with E-state index in [4.69, 9.17) is 13.9 Å². The summed E-state index contributed by atoms with van der Waals surface area (Å²) in [7, 11) is 0. The molecule has 0 bridgehead atoms. The van der Waals surface area contributed by atoms with E-state index in [1.807, 2.05) is 0 Å². The molecule has 8 heteroatoms. The zero-order chi connectivity index (χ0) is 16.1. The van der Waals surface area contributed by atoms with E-state index in [2.05, 4.69) is 15.3 Å². The first-order valence-corrected chi connectivity index (χ1v) is 6.89. The molecule has 22 heavy (non-hydrogen) atoms. The van der Waals surface area contributed by atoms with Crippen LogP contribution >= 0.6 is 0 Å². The number of furan rings is 1. The largest absolute Gasteiger partial charge is 0.465 e. The van der Waals surface area contributed by atoms with Crippen LogP contribution in [0.1, 0.15) is 30.0 Å². The normalized spacial score (nSPS) is 10.5. The second-order valence-electron chi connectivity index (χ2n) is 4.31. The summed E-state index contributed by atoms with van der Waals surface area (Å²) in [4.78, 5) is 31.6. The summed E-state index contributed by atoms with van der Waals surface area (Å²) >= 11 is 0. The van der Waals surface area contributed by atoms with Crippen LogP contribution in [0.3, 0.4) is 0 Å². The van der Waals surface area contributed by atoms with Gasteiger partial charge in [-0.15, -0.1) is 0 Å². The lowest BCUT2D eigenvalue weighted by molar-refractivity contribution is -0.140. The van der Waals surface area contributed by atoms with E-state index in [-0.39, 0.29) is 24.4 Å². The first-order chi connectivity index (χ1) is 10.6. The van der Waals surface area contributed by atoms with Crippen molar-refractivity contribution in [3.63, 3.8) is 0 Å². The van der Waals surface area contributed by atoms with Crippen molar-refractivity contribution in [2.75, 3.05) is 25.1 Å². The molecule has 8 nitrogen and oxygen atoms in total. The summed E-state index contributed by atoms with van der Waals surface area (Å²) < 4.78 is 15.3. The smallest absolute Gasteiger partial charge is 0.342 e. The molecule has 2 aromatic rings. The molecule has 1 N–H and O–H groups in total. The van der Waals surface area contributed by atoms with E-state index >= 15 is 0 Å². The van der Waals surface area contributed by atoms with Crippen LogP contribution in [-0.4, -0.2) is 41.7 Å². The second-order valence-corrected chi connectivity index (χ2v) is 4.31. The highest BCUT2D eigenvalue weighted by Crippen LogP contribution is 2.29. The van der Waals surface area contributed by atoms with Gasteiger partial charge in [0.15, 0.2) is 0 Å². The standard InChI is InChI=1S/C14H17N3O5/c1-4-20-9(18)6-15-12-11-10(14(19)21-5-2)8(3)22-13(11)17-7-16-12/h7H,4-6H2,1-3H3,(H,15,16,17). The molecule has 0 aliphatic carbocycles. The SMILES string of the molecule is CCOC(=O)CNc1ncnc2oc(C)c(C(=O)OCC)c12. The summed E-state index contributed by atoms with van der Waals surface area (Å²) in [5, 5.41) is 3.22. The van der Waals surface area contributed by atoms with Crippen LogP contribution < -0.4 is 5.32 Å². The van der Waals surface area contributed by atoms with Crippen molar-refractivity contribution >= 4 is 28.9 Å². The molecule has 0 unspecified atom stereocenters. The number of nitrogens with one attached hydrogen (secondary N) is 1. The summed E-state index contributed by atoms with van der Waals surface area (Å²) in [5.74, 6) is -0.244. The number of aromatic nitrogens is 2. The van der Waals surface area contributed by atoms with Gasteiger partial charge in [-0.05, 0) is 20.8 Å². The molecule has 0 saturated heterocycles. The average Bonchev–Trinajstić information content (AvgIpc) is 2.82. The van der Waals surface area contributed by atoms with Gasteiger partial charge in [-0.25, -0.2) is 14.8 Å². The van der Waals surface area contributed by atoms with Crippen LogP contribution in [0.25, 0.3) is 11.1 Å². The Kier molecular flexibility index (Phi) is 4.92. The van der Waals surface area contributed by atoms with Gasteiger partial charge in [-0.3, -0.25) is 4.79 Å². The van der Waals surface area contributed by atoms with Gasteiger partial charge < -0.3 is 19.2 Å². The highest BCUT2D eigenvalue weighted by atomic mass is 16.5. The molecule has 2 aromatic heterocycles. The highest BCUT2D eigenvalue weighted by molar-refractivity contribution is 6.07. The van der Waals surface area contributed by atoms with Crippen LogP contribution in [0.4, 0.5) is 5.82 Å². The van der Waals surface area contributed by atoms with Gasteiger partial charge in [0.1, 0.15) is 30.0 Å². The van der Waals surface area contributed by atoms with Crippen LogP contribution in [0.5, 0.6) is 0 Å². The number of hydrogen-bond donors (Lipinski definition) is 1. The van der Waals surface area contributed by atoms with Crippen LogP contribution in [0.2, 0.25) is 0 Å². The van der Waals surface area contributed by atoms with Crippen molar-refractivity contribution in [3.8, 4) is 0 Å². The first kappa shape index (κ1) is 15.7. The van der Waals surface area contributed by atoms with Gasteiger partial charge in [0, 0.05) is 0 Å². The molecule has 0 saturated carbocycles. The van der Waals surface area contributed by atoms with Crippen molar-refractivity contribution in [1.29, 1.82) is 0 Å². The number of esters is 2. The van der Waals surface area contributed by atoms with Gasteiger partial charge in [0.05, 0.1) is 18.6 Å². The third kappa shape index (κ3) is 3.16. The van der Waals surface area contributed by atoms with E-state index in [0.717, 1.165) is 0 Å². The van der Waals surface area contributed by atoms with Crippen LogP contribution in [-0.2, 0) is 14.3 Å².